The van der Waals surface area contributed by atoms with E-state index in [1.165, 1.54) is 13.8 Å². The zero-order valence-corrected chi connectivity index (χ0v) is 6.76. The third-order valence-corrected chi connectivity index (χ3v) is 0.824. The van der Waals surface area contributed by atoms with Gasteiger partial charge in [-0.1, -0.05) is 10.3 Å². The number of nitrogens with zero attached hydrogens (tertiary/aromatic N) is 2. The van der Waals surface area contributed by atoms with Gasteiger partial charge in [0, 0.05) is 19.5 Å². The maximum absolute atomic E-state index is 8.03. The Morgan fingerprint density at radius 3 is 1.33 bits per heavy atom. The molecule has 0 aliphatic heterocycles. The van der Waals surface area contributed by atoms with Crippen LogP contribution in [0.3, 0.4) is 0 Å². The molecule has 0 aliphatic rings. The van der Waals surface area contributed by atoms with E-state index in [4.69, 9.17) is 10.4 Å². The summed E-state index contributed by atoms with van der Waals surface area (Å²) in [5.41, 5.74) is 0.625. The van der Waals surface area contributed by atoms with Crippen molar-refractivity contribution in [2.75, 3.05) is 0 Å². The van der Waals surface area contributed by atoms with Gasteiger partial charge in [-0.25, -0.2) is 0 Å². The zero-order valence-electron chi connectivity index (χ0n) is 5.12. The average Bonchev–Trinajstić information content (AvgIpc) is 1.84. The van der Waals surface area contributed by atoms with E-state index >= 15 is 0 Å². The van der Waals surface area contributed by atoms with Crippen LogP contribution in [0.1, 0.15) is 13.8 Å². The molecule has 0 spiro atoms. The molecule has 0 fully saturated rings. The van der Waals surface area contributed by atoms with Crippen molar-refractivity contribution in [3.05, 3.63) is 0 Å². The van der Waals surface area contributed by atoms with Crippen LogP contribution in [0.2, 0.25) is 0 Å². The monoisotopic (exact) mass is 219 g/mol. The molecule has 0 unspecified atom stereocenters. The average molecular weight is 219 g/mol. The second-order valence-corrected chi connectivity index (χ2v) is 1.37. The molecular weight excluding hydrogens is 211 g/mol. The Bertz CT molecular complexity index is 117. The van der Waals surface area contributed by atoms with Crippen LogP contribution in [0.25, 0.3) is 0 Å². The number of rotatable bonds is 1. The van der Waals surface area contributed by atoms with Crippen LogP contribution in [0.4, 0.5) is 0 Å². The van der Waals surface area contributed by atoms with Crippen LogP contribution in [0.15, 0.2) is 10.3 Å². The normalized spacial score (nSPS) is 12.7. The van der Waals surface area contributed by atoms with E-state index in [1.54, 1.807) is 0 Å². The molecular formula is C4H8N2O2Rh. The summed E-state index contributed by atoms with van der Waals surface area (Å²) in [7, 11) is 0. The van der Waals surface area contributed by atoms with E-state index in [1.807, 2.05) is 0 Å². The second kappa shape index (κ2) is 5.70. The molecule has 0 aromatic heterocycles. The summed E-state index contributed by atoms with van der Waals surface area (Å²) in [6, 6.07) is 0. The largest absolute Gasteiger partial charge is 0.411 e. The molecule has 4 nitrogen and oxygen atoms in total. The van der Waals surface area contributed by atoms with Crippen molar-refractivity contribution >= 4 is 11.4 Å². The van der Waals surface area contributed by atoms with Crippen LogP contribution >= 0.6 is 0 Å². The molecule has 0 amide bonds. The van der Waals surface area contributed by atoms with E-state index in [-0.39, 0.29) is 19.5 Å². The number of hydrogen-bond acceptors (Lipinski definition) is 4. The number of hydrogen-bond donors (Lipinski definition) is 2. The molecule has 0 aromatic carbocycles. The van der Waals surface area contributed by atoms with Crippen molar-refractivity contribution in [3.8, 4) is 0 Å². The molecule has 0 aliphatic carbocycles. The Morgan fingerprint density at radius 1 is 1.00 bits per heavy atom. The Kier molecular flexibility index (Phi) is 7.20. The topological polar surface area (TPSA) is 65.2 Å². The molecule has 2 N–H and O–H groups in total. The maximum Gasteiger partial charge on any atom is 0.101 e. The van der Waals surface area contributed by atoms with Crippen LogP contribution in [-0.4, -0.2) is 21.8 Å². The van der Waals surface area contributed by atoms with Crippen molar-refractivity contribution in [3.63, 3.8) is 0 Å². The molecule has 0 bridgehead atoms. The minimum absolute atomic E-state index is 0. The molecule has 9 heavy (non-hydrogen) atoms. The molecule has 0 aromatic rings. The fourth-order valence-corrected chi connectivity index (χ4v) is 0.145. The van der Waals surface area contributed by atoms with Crippen molar-refractivity contribution in [2.24, 2.45) is 10.3 Å². The fourth-order valence-electron chi connectivity index (χ4n) is 0.145. The number of oxime groups is 2. The van der Waals surface area contributed by atoms with E-state index < -0.39 is 0 Å². The first kappa shape index (κ1) is 11.4. The van der Waals surface area contributed by atoms with E-state index in [9.17, 15) is 0 Å². The molecule has 5 heteroatoms. The fraction of sp³-hybridized carbons (Fsp3) is 0.500. The summed E-state index contributed by atoms with van der Waals surface area (Å²) in [6.45, 7) is 3.07. The van der Waals surface area contributed by atoms with Crippen molar-refractivity contribution in [1.82, 2.24) is 0 Å². The quantitative estimate of drug-likeness (QED) is 0.295. The molecule has 0 heterocycles. The van der Waals surface area contributed by atoms with Crippen LogP contribution in [-0.2, 0) is 19.5 Å². The first-order chi connectivity index (χ1) is 3.72. The van der Waals surface area contributed by atoms with E-state index in [2.05, 4.69) is 10.3 Å². The van der Waals surface area contributed by atoms with Gasteiger partial charge < -0.3 is 10.4 Å². The molecule has 55 valence electrons. The maximum atomic E-state index is 8.03. The van der Waals surface area contributed by atoms with Crippen molar-refractivity contribution < 1.29 is 29.9 Å². The predicted molar refractivity (Wildman–Crippen MR) is 29.8 cm³/mol. The van der Waals surface area contributed by atoms with Crippen LogP contribution < -0.4 is 0 Å². The summed E-state index contributed by atoms with van der Waals surface area (Å²) in [6.07, 6.45) is 0. The zero-order chi connectivity index (χ0) is 6.57. The van der Waals surface area contributed by atoms with Gasteiger partial charge in [-0.2, -0.15) is 0 Å². The smallest absolute Gasteiger partial charge is 0.101 e. The Hall–Kier alpha value is -0.437. The molecule has 0 saturated carbocycles. The molecule has 0 saturated heterocycles. The van der Waals surface area contributed by atoms with E-state index in [0.29, 0.717) is 11.4 Å². The van der Waals surface area contributed by atoms with Crippen molar-refractivity contribution in [2.45, 2.75) is 13.8 Å². The van der Waals surface area contributed by atoms with Gasteiger partial charge in [-0.05, 0) is 13.8 Å². The van der Waals surface area contributed by atoms with Gasteiger partial charge in [0.05, 0.1) is 0 Å². The Morgan fingerprint density at radius 2 is 1.22 bits per heavy atom. The van der Waals surface area contributed by atoms with E-state index in [0.717, 1.165) is 0 Å². The van der Waals surface area contributed by atoms with Gasteiger partial charge >= 0.3 is 0 Å². The second-order valence-electron chi connectivity index (χ2n) is 1.37. The van der Waals surface area contributed by atoms with Gasteiger partial charge in [-0.3, -0.25) is 0 Å². The summed E-state index contributed by atoms with van der Waals surface area (Å²) in [4.78, 5) is 0. The van der Waals surface area contributed by atoms with Gasteiger partial charge in [-0.15, -0.1) is 0 Å². The Labute approximate surface area is 66.0 Å². The summed E-state index contributed by atoms with van der Waals surface area (Å²) in [5.74, 6) is 0. The first-order valence-electron chi connectivity index (χ1n) is 2.10. The van der Waals surface area contributed by atoms with Gasteiger partial charge in [0.1, 0.15) is 11.4 Å². The van der Waals surface area contributed by atoms with Crippen molar-refractivity contribution in [1.29, 1.82) is 0 Å². The minimum Gasteiger partial charge on any atom is -0.411 e. The van der Waals surface area contributed by atoms with Crippen LogP contribution in [0, 0.1) is 0 Å². The summed E-state index contributed by atoms with van der Waals surface area (Å²) < 4.78 is 0. The van der Waals surface area contributed by atoms with Crippen LogP contribution in [0.5, 0.6) is 0 Å². The SMILES string of the molecule is CC(=NO)C(C)=NO.[Rh]. The third kappa shape index (κ3) is 4.09. The first-order valence-corrected chi connectivity index (χ1v) is 2.10. The molecule has 1 radical (unpaired) electrons. The standard InChI is InChI=1S/C4H8N2O2.Rh/c1-3(5-7)4(2)6-8;/h7-8H,1-2H3;. The Balaban J connectivity index is 0. The summed E-state index contributed by atoms with van der Waals surface area (Å²) in [5, 5.41) is 21.6. The van der Waals surface area contributed by atoms with Gasteiger partial charge in [0.2, 0.25) is 0 Å². The van der Waals surface area contributed by atoms with Gasteiger partial charge in [0.15, 0.2) is 0 Å². The van der Waals surface area contributed by atoms with Gasteiger partial charge in [0.25, 0.3) is 0 Å². The third-order valence-electron chi connectivity index (χ3n) is 0.824. The minimum atomic E-state index is 0. The predicted octanol–water partition coefficient (Wildman–Crippen LogP) is 0.684. The molecule has 0 atom stereocenters. The summed E-state index contributed by atoms with van der Waals surface area (Å²) >= 11 is 0. The molecule has 0 rings (SSSR count).